The van der Waals surface area contributed by atoms with Gasteiger partial charge in [-0.25, -0.2) is 0 Å². The summed E-state index contributed by atoms with van der Waals surface area (Å²) in [6, 6.07) is 22.0. The standard InChI is InChI=1S/C22H20ClNO3/c1-15-14-20(12-13-21(15)23)26-16(2)22(25)24-17-8-10-19(11-9-17)27-18-6-4-3-5-7-18/h3-14,16H,1-2H3,(H,24,25)/t16-/m0/s1. The Hall–Kier alpha value is -2.98. The number of benzene rings is 3. The van der Waals surface area contributed by atoms with Crippen molar-refractivity contribution in [2.45, 2.75) is 20.0 Å². The number of carbonyl (C=O) groups is 1. The van der Waals surface area contributed by atoms with Gasteiger partial charge in [-0.15, -0.1) is 0 Å². The van der Waals surface area contributed by atoms with E-state index in [0.717, 1.165) is 11.3 Å². The Morgan fingerprint density at radius 2 is 1.56 bits per heavy atom. The maximum Gasteiger partial charge on any atom is 0.265 e. The second kappa shape index (κ2) is 8.60. The molecule has 0 saturated carbocycles. The molecule has 0 aromatic heterocycles. The molecule has 0 unspecified atom stereocenters. The highest BCUT2D eigenvalue weighted by Crippen LogP contribution is 2.24. The van der Waals surface area contributed by atoms with Crippen molar-refractivity contribution >= 4 is 23.2 Å². The van der Waals surface area contributed by atoms with Gasteiger partial charge < -0.3 is 14.8 Å². The first-order valence-corrected chi connectivity index (χ1v) is 8.96. The summed E-state index contributed by atoms with van der Waals surface area (Å²) in [5.74, 6) is 1.82. The van der Waals surface area contributed by atoms with Crippen molar-refractivity contribution in [1.82, 2.24) is 0 Å². The second-order valence-electron chi connectivity index (χ2n) is 6.10. The van der Waals surface area contributed by atoms with Crippen molar-refractivity contribution in [2.75, 3.05) is 5.32 Å². The molecule has 0 fully saturated rings. The van der Waals surface area contributed by atoms with Gasteiger partial charge in [0.05, 0.1) is 0 Å². The molecule has 27 heavy (non-hydrogen) atoms. The maximum absolute atomic E-state index is 12.4. The lowest BCUT2D eigenvalue weighted by atomic mass is 10.2. The van der Waals surface area contributed by atoms with E-state index >= 15 is 0 Å². The molecule has 3 aromatic carbocycles. The van der Waals surface area contributed by atoms with Crippen LogP contribution in [0.4, 0.5) is 5.69 Å². The van der Waals surface area contributed by atoms with Crippen LogP contribution in [0.25, 0.3) is 0 Å². The highest BCUT2D eigenvalue weighted by atomic mass is 35.5. The number of para-hydroxylation sites is 1. The zero-order valence-electron chi connectivity index (χ0n) is 15.1. The molecule has 1 atom stereocenters. The van der Waals surface area contributed by atoms with Gasteiger partial charge in [-0.3, -0.25) is 4.79 Å². The third kappa shape index (κ3) is 5.25. The Morgan fingerprint density at radius 3 is 2.22 bits per heavy atom. The average molecular weight is 382 g/mol. The van der Waals surface area contributed by atoms with Gasteiger partial charge in [-0.05, 0) is 74.0 Å². The molecule has 0 aliphatic carbocycles. The number of ether oxygens (including phenoxy) is 2. The fraction of sp³-hybridized carbons (Fsp3) is 0.136. The third-order valence-corrected chi connectivity index (χ3v) is 4.34. The van der Waals surface area contributed by atoms with Gasteiger partial charge in [-0.1, -0.05) is 29.8 Å². The van der Waals surface area contributed by atoms with E-state index in [9.17, 15) is 4.79 Å². The highest BCUT2D eigenvalue weighted by molar-refractivity contribution is 6.31. The lowest BCUT2D eigenvalue weighted by Crippen LogP contribution is -2.30. The Labute approximate surface area is 163 Å². The molecule has 0 spiro atoms. The molecular weight excluding hydrogens is 362 g/mol. The number of amides is 1. The van der Waals surface area contributed by atoms with E-state index in [1.807, 2.05) is 43.3 Å². The minimum atomic E-state index is -0.647. The first kappa shape index (κ1) is 18.8. The number of carbonyl (C=O) groups excluding carboxylic acids is 1. The highest BCUT2D eigenvalue weighted by Gasteiger charge is 2.15. The minimum absolute atomic E-state index is 0.237. The molecule has 5 heteroatoms. The second-order valence-corrected chi connectivity index (χ2v) is 6.51. The van der Waals surface area contributed by atoms with Crippen LogP contribution in [-0.4, -0.2) is 12.0 Å². The number of rotatable bonds is 6. The summed E-state index contributed by atoms with van der Waals surface area (Å²) in [6.45, 7) is 3.59. The van der Waals surface area contributed by atoms with Gasteiger partial charge in [0.15, 0.2) is 6.10 Å². The van der Waals surface area contributed by atoms with Crippen LogP contribution in [0.1, 0.15) is 12.5 Å². The first-order valence-electron chi connectivity index (χ1n) is 8.58. The van der Waals surface area contributed by atoms with E-state index in [2.05, 4.69) is 5.32 Å². The summed E-state index contributed by atoms with van der Waals surface area (Å²) in [5.41, 5.74) is 1.57. The monoisotopic (exact) mass is 381 g/mol. The van der Waals surface area contributed by atoms with Crippen LogP contribution < -0.4 is 14.8 Å². The molecule has 0 radical (unpaired) electrons. The summed E-state index contributed by atoms with van der Waals surface area (Å²) in [6.07, 6.45) is -0.647. The normalized spacial score (nSPS) is 11.5. The summed E-state index contributed by atoms with van der Waals surface area (Å²) in [5, 5.41) is 3.50. The topological polar surface area (TPSA) is 47.6 Å². The zero-order chi connectivity index (χ0) is 19.2. The predicted octanol–water partition coefficient (Wildman–Crippen LogP) is 5.85. The minimum Gasteiger partial charge on any atom is -0.481 e. The Balaban J connectivity index is 1.57. The molecule has 1 amide bonds. The molecular formula is C22H20ClNO3. The molecule has 4 nitrogen and oxygen atoms in total. The molecule has 0 bridgehead atoms. The molecule has 3 rings (SSSR count). The van der Waals surface area contributed by atoms with Crippen LogP contribution >= 0.6 is 11.6 Å². The summed E-state index contributed by atoms with van der Waals surface area (Å²) >= 11 is 6.01. The molecule has 0 saturated heterocycles. The summed E-state index contributed by atoms with van der Waals surface area (Å²) in [4.78, 5) is 12.4. The van der Waals surface area contributed by atoms with Gasteiger partial charge in [0.2, 0.25) is 0 Å². The largest absolute Gasteiger partial charge is 0.481 e. The first-order chi connectivity index (χ1) is 13.0. The summed E-state index contributed by atoms with van der Waals surface area (Å²) < 4.78 is 11.4. The number of hydrogen-bond donors (Lipinski definition) is 1. The van der Waals surface area contributed by atoms with Crippen molar-refractivity contribution in [3.8, 4) is 17.2 Å². The Kier molecular flexibility index (Phi) is 5.99. The van der Waals surface area contributed by atoms with Crippen molar-refractivity contribution < 1.29 is 14.3 Å². The fourth-order valence-corrected chi connectivity index (χ4v) is 2.54. The van der Waals surface area contributed by atoms with Crippen molar-refractivity contribution in [1.29, 1.82) is 0 Å². The number of aryl methyl sites for hydroxylation is 1. The SMILES string of the molecule is Cc1cc(O[C@@H](C)C(=O)Nc2ccc(Oc3ccccc3)cc2)ccc1Cl. The molecule has 138 valence electrons. The van der Waals surface area contributed by atoms with E-state index in [1.54, 1.807) is 43.3 Å². The van der Waals surface area contributed by atoms with Crippen LogP contribution in [0.15, 0.2) is 72.8 Å². The van der Waals surface area contributed by atoms with Gasteiger partial charge in [0, 0.05) is 10.7 Å². The average Bonchev–Trinajstić information content (AvgIpc) is 2.67. The van der Waals surface area contributed by atoms with Crippen molar-refractivity contribution in [3.63, 3.8) is 0 Å². The van der Waals surface area contributed by atoms with Crippen LogP contribution in [0, 0.1) is 6.92 Å². The Bertz CT molecular complexity index is 911. The Morgan fingerprint density at radius 1 is 0.926 bits per heavy atom. The molecule has 1 N–H and O–H groups in total. The van der Waals surface area contributed by atoms with E-state index in [4.69, 9.17) is 21.1 Å². The number of halogens is 1. The van der Waals surface area contributed by atoms with Crippen LogP contribution in [-0.2, 0) is 4.79 Å². The molecule has 0 aliphatic rings. The van der Waals surface area contributed by atoms with Gasteiger partial charge in [0.25, 0.3) is 5.91 Å². The summed E-state index contributed by atoms with van der Waals surface area (Å²) in [7, 11) is 0. The maximum atomic E-state index is 12.4. The van der Waals surface area contributed by atoms with Gasteiger partial charge in [-0.2, -0.15) is 0 Å². The van der Waals surface area contributed by atoms with E-state index in [0.29, 0.717) is 22.2 Å². The van der Waals surface area contributed by atoms with Crippen molar-refractivity contribution in [3.05, 3.63) is 83.4 Å². The fourth-order valence-electron chi connectivity index (χ4n) is 2.42. The van der Waals surface area contributed by atoms with E-state index in [1.165, 1.54) is 0 Å². The van der Waals surface area contributed by atoms with E-state index in [-0.39, 0.29) is 5.91 Å². The predicted molar refractivity (Wildman–Crippen MR) is 108 cm³/mol. The smallest absolute Gasteiger partial charge is 0.265 e. The van der Waals surface area contributed by atoms with Gasteiger partial charge >= 0.3 is 0 Å². The molecule has 0 aliphatic heterocycles. The molecule has 3 aromatic rings. The van der Waals surface area contributed by atoms with Crippen LogP contribution in [0.3, 0.4) is 0 Å². The number of hydrogen-bond acceptors (Lipinski definition) is 3. The van der Waals surface area contributed by atoms with Gasteiger partial charge in [0.1, 0.15) is 17.2 Å². The van der Waals surface area contributed by atoms with E-state index < -0.39 is 6.10 Å². The number of anilines is 1. The van der Waals surface area contributed by atoms with Crippen molar-refractivity contribution in [2.24, 2.45) is 0 Å². The van der Waals surface area contributed by atoms with Crippen LogP contribution in [0.2, 0.25) is 5.02 Å². The van der Waals surface area contributed by atoms with Crippen LogP contribution in [0.5, 0.6) is 17.2 Å². The molecule has 0 heterocycles. The lowest BCUT2D eigenvalue weighted by Gasteiger charge is -2.15. The third-order valence-electron chi connectivity index (χ3n) is 3.91. The quantitative estimate of drug-likeness (QED) is 0.582. The number of nitrogens with one attached hydrogen (secondary N) is 1. The zero-order valence-corrected chi connectivity index (χ0v) is 15.9. The lowest BCUT2D eigenvalue weighted by molar-refractivity contribution is -0.122.